The summed E-state index contributed by atoms with van der Waals surface area (Å²) in [5, 5.41) is 7.72. The van der Waals surface area contributed by atoms with Crippen molar-refractivity contribution in [2.45, 2.75) is 12.7 Å². The molecule has 0 unspecified atom stereocenters. The van der Waals surface area contributed by atoms with E-state index in [0.29, 0.717) is 11.2 Å². The van der Waals surface area contributed by atoms with Crippen molar-refractivity contribution in [3.63, 3.8) is 0 Å². The molecule has 7 nitrogen and oxygen atoms in total. The van der Waals surface area contributed by atoms with Gasteiger partial charge in [0, 0.05) is 23.9 Å². The van der Waals surface area contributed by atoms with Crippen molar-refractivity contribution in [3.05, 3.63) is 84.6 Å². The summed E-state index contributed by atoms with van der Waals surface area (Å²) < 4.78 is 41.5. The molecule has 0 aliphatic rings. The number of para-hydroxylation sites is 1. The fourth-order valence-electron chi connectivity index (χ4n) is 3.36. The minimum atomic E-state index is -4.68. The predicted molar refractivity (Wildman–Crippen MR) is 113 cm³/mol. The standard InChI is InChI=1S/C22H16F3N7/c23-22(24,25)21-29-19(18-20(30-21)28-13-27-18)26-11-15-12-32(16-9-5-2-6-10-16)31-17(15)14-7-3-1-4-8-14/h1-10,12-13H,11H2,(H2,26,27,28,29,30). The van der Waals surface area contributed by atoms with Crippen LogP contribution >= 0.6 is 0 Å². The Bertz CT molecular complexity index is 1360. The van der Waals surface area contributed by atoms with Crippen LogP contribution in [0.15, 0.2) is 73.2 Å². The van der Waals surface area contributed by atoms with E-state index in [1.54, 1.807) is 4.68 Å². The third-order valence-corrected chi connectivity index (χ3v) is 4.84. The average molecular weight is 435 g/mol. The molecular weight excluding hydrogens is 419 g/mol. The first-order valence-corrected chi connectivity index (χ1v) is 9.70. The van der Waals surface area contributed by atoms with Gasteiger partial charge in [-0.1, -0.05) is 48.5 Å². The van der Waals surface area contributed by atoms with Gasteiger partial charge < -0.3 is 10.3 Å². The highest BCUT2D eigenvalue weighted by Crippen LogP contribution is 2.30. The summed E-state index contributed by atoms with van der Waals surface area (Å²) in [7, 11) is 0. The summed E-state index contributed by atoms with van der Waals surface area (Å²) in [6.45, 7) is 0.194. The molecule has 32 heavy (non-hydrogen) atoms. The second-order valence-electron chi connectivity index (χ2n) is 7.00. The van der Waals surface area contributed by atoms with Crippen molar-refractivity contribution in [1.82, 2.24) is 29.7 Å². The molecule has 3 aromatic heterocycles. The Hall–Kier alpha value is -4.21. The van der Waals surface area contributed by atoms with E-state index < -0.39 is 12.0 Å². The molecule has 0 atom stereocenters. The SMILES string of the molecule is FC(F)(F)c1nc(NCc2cn(-c3ccccc3)nc2-c2ccccc2)c2[nH]cnc2n1. The van der Waals surface area contributed by atoms with Crippen molar-refractivity contribution >= 4 is 17.0 Å². The summed E-state index contributed by atoms with van der Waals surface area (Å²) in [5.74, 6) is -1.23. The van der Waals surface area contributed by atoms with E-state index in [-0.39, 0.29) is 18.0 Å². The Morgan fingerprint density at radius 3 is 2.38 bits per heavy atom. The number of hydrogen-bond donors (Lipinski definition) is 2. The molecule has 5 rings (SSSR count). The number of hydrogen-bond acceptors (Lipinski definition) is 5. The Balaban J connectivity index is 1.53. The number of benzene rings is 2. The van der Waals surface area contributed by atoms with E-state index in [1.165, 1.54) is 6.33 Å². The lowest BCUT2D eigenvalue weighted by molar-refractivity contribution is -0.144. The number of H-pyrrole nitrogens is 1. The molecule has 0 fully saturated rings. The van der Waals surface area contributed by atoms with Gasteiger partial charge in [0.1, 0.15) is 5.52 Å². The quantitative estimate of drug-likeness (QED) is 0.413. The lowest BCUT2D eigenvalue weighted by atomic mass is 10.1. The fraction of sp³-hybridized carbons (Fsp3) is 0.0909. The van der Waals surface area contributed by atoms with Crippen molar-refractivity contribution in [3.8, 4) is 16.9 Å². The van der Waals surface area contributed by atoms with Gasteiger partial charge in [-0.3, -0.25) is 0 Å². The molecule has 0 bridgehead atoms. The Morgan fingerprint density at radius 1 is 0.938 bits per heavy atom. The van der Waals surface area contributed by atoms with Gasteiger partial charge in [-0.05, 0) is 12.1 Å². The number of aromatic amines is 1. The van der Waals surface area contributed by atoms with Crippen LogP contribution in [0.5, 0.6) is 0 Å². The minimum absolute atomic E-state index is 0.0197. The molecule has 5 aromatic rings. The molecule has 0 spiro atoms. The second-order valence-corrected chi connectivity index (χ2v) is 7.00. The summed E-state index contributed by atoms with van der Waals surface area (Å²) >= 11 is 0. The first-order chi connectivity index (χ1) is 15.5. The summed E-state index contributed by atoms with van der Waals surface area (Å²) in [6, 6.07) is 19.2. The average Bonchev–Trinajstić information content (AvgIpc) is 3.45. The summed E-state index contributed by atoms with van der Waals surface area (Å²) in [6.07, 6.45) is -1.55. The van der Waals surface area contributed by atoms with Gasteiger partial charge in [0.15, 0.2) is 11.5 Å². The molecule has 0 aliphatic carbocycles. The van der Waals surface area contributed by atoms with E-state index in [9.17, 15) is 13.2 Å². The van der Waals surface area contributed by atoms with Crippen molar-refractivity contribution in [1.29, 1.82) is 0 Å². The predicted octanol–water partition coefficient (Wildman–Crippen LogP) is 4.84. The first-order valence-electron chi connectivity index (χ1n) is 9.70. The van der Waals surface area contributed by atoms with E-state index in [1.807, 2.05) is 66.9 Å². The maximum atomic E-state index is 13.2. The molecule has 0 saturated carbocycles. The van der Waals surface area contributed by atoms with Crippen molar-refractivity contribution < 1.29 is 13.2 Å². The lowest BCUT2D eigenvalue weighted by Crippen LogP contribution is -2.13. The van der Waals surface area contributed by atoms with Crippen LogP contribution in [0.2, 0.25) is 0 Å². The molecule has 2 N–H and O–H groups in total. The van der Waals surface area contributed by atoms with Crippen LogP contribution < -0.4 is 5.32 Å². The van der Waals surface area contributed by atoms with Crippen LogP contribution in [0, 0.1) is 0 Å². The van der Waals surface area contributed by atoms with Gasteiger partial charge in [-0.15, -0.1) is 0 Å². The van der Waals surface area contributed by atoms with Crippen LogP contribution in [-0.2, 0) is 12.7 Å². The van der Waals surface area contributed by atoms with Gasteiger partial charge >= 0.3 is 6.18 Å². The zero-order chi connectivity index (χ0) is 22.1. The lowest BCUT2D eigenvalue weighted by Gasteiger charge is -2.10. The third kappa shape index (κ3) is 3.78. The maximum Gasteiger partial charge on any atom is 0.451 e. The number of nitrogens with zero attached hydrogens (tertiary/aromatic N) is 5. The summed E-state index contributed by atoms with van der Waals surface area (Å²) in [5.41, 5.74) is 3.51. The zero-order valence-corrected chi connectivity index (χ0v) is 16.5. The first kappa shape index (κ1) is 19.7. The van der Waals surface area contributed by atoms with Gasteiger partial charge in [0.2, 0.25) is 5.82 Å². The maximum absolute atomic E-state index is 13.2. The number of halogens is 3. The number of aromatic nitrogens is 6. The van der Waals surface area contributed by atoms with E-state index in [2.05, 4.69) is 25.3 Å². The molecule has 10 heteroatoms. The fourth-order valence-corrected chi connectivity index (χ4v) is 3.36. The number of nitrogens with one attached hydrogen (secondary N) is 2. The Morgan fingerprint density at radius 2 is 1.66 bits per heavy atom. The molecular formula is C22H16F3N7. The molecule has 3 heterocycles. The van der Waals surface area contributed by atoms with Crippen LogP contribution in [0.3, 0.4) is 0 Å². The molecule has 0 radical (unpaired) electrons. The molecule has 0 saturated heterocycles. The van der Waals surface area contributed by atoms with Crippen LogP contribution in [0.4, 0.5) is 19.0 Å². The normalized spacial score (nSPS) is 11.7. The molecule has 2 aromatic carbocycles. The highest BCUT2D eigenvalue weighted by atomic mass is 19.4. The van der Waals surface area contributed by atoms with Crippen molar-refractivity contribution in [2.24, 2.45) is 0 Å². The topological polar surface area (TPSA) is 84.3 Å². The number of fused-ring (bicyclic) bond motifs is 1. The largest absolute Gasteiger partial charge is 0.451 e. The summed E-state index contributed by atoms with van der Waals surface area (Å²) in [4.78, 5) is 13.8. The van der Waals surface area contributed by atoms with Crippen LogP contribution in [0.25, 0.3) is 28.1 Å². The number of alkyl halides is 3. The molecule has 0 aliphatic heterocycles. The number of rotatable bonds is 5. The second kappa shape index (κ2) is 7.80. The number of imidazole rings is 1. The monoisotopic (exact) mass is 435 g/mol. The Kier molecular flexibility index (Phi) is 4.81. The van der Waals surface area contributed by atoms with Gasteiger partial charge in [0.05, 0.1) is 17.7 Å². The van der Waals surface area contributed by atoms with Gasteiger partial charge in [0.25, 0.3) is 0 Å². The van der Waals surface area contributed by atoms with Gasteiger partial charge in [-0.25, -0.2) is 19.6 Å². The van der Waals surface area contributed by atoms with E-state index in [4.69, 9.17) is 5.10 Å². The van der Waals surface area contributed by atoms with Crippen molar-refractivity contribution in [2.75, 3.05) is 5.32 Å². The zero-order valence-electron chi connectivity index (χ0n) is 16.5. The highest BCUT2D eigenvalue weighted by molar-refractivity contribution is 5.82. The highest BCUT2D eigenvalue weighted by Gasteiger charge is 2.36. The third-order valence-electron chi connectivity index (χ3n) is 4.84. The van der Waals surface area contributed by atoms with Gasteiger partial charge in [-0.2, -0.15) is 18.3 Å². The minimum Gasteiger partial charge on any atom is -0.364 e. The van der Waals surface area contributed by atoms with Crippen LogP contribution in [-0.4, -0.2) is 29.7 Å². The molecule has 160 valence electrons. The Labute approximate surface area is 180 Å². The van der Waals surface area contributed by atoms with E-state index in [0.717, 1.165) is 16.8 Å². The smallest absolute Gasteiger partial charge is 0.364 e. The molecule has 0 amide bonds. The number of anilines is 1. The van der Waals surface area contributed by atoms with E-state index >= 15 is 0 Å². The van der Waals surface area contributed by atoms with Crippen LogP contribution in [0.1, 0.15) is 11.4 Å².